The predicted molar refractivity (Wildman–Crippen MR) is 81.8 cm³/mol. The fourth-order valence-corrected chi connectivity index (χ4v) is 1.82. The van der Waals surface area contributed by atoms with Gasteiger partial charge in [0, 0.05) is 37.5 Å². The van der Waals surface area contributed by atoms with Crippen molar-refractivity contribution in [1.29, 1.82) is 0 Å². The molecule has 2 aromatic rings. The Morgan fingerprint density at radius 3 is 2.20 bits per heavy atom. The van der Waals surface area contributed by atoms with Crippen LogP contribution < -0.4 is 9.47 Å². The number of benzene rings is 1. The van der Waals surface area contributed by atoms with Crippen molar-refractivity contribution >= 4 is 17.5 Å². The molecule has 0 amide bonds. The summed E-state index contributed by atoms with van der Waals surface area (Å²) in [7, 11) is 5.92. The van der Waals surface area contributed by atoms with Gasteiger partial charge >= 0.3 is 0 Å². The minimum Gasteiger partial charge on any atom is -0.378 e. The average Bonchev–Trinajstić information content (AvgIpc) is 2.46. The highest BCUT2D eigenvalue weighted by molar-refractivity contribution is 6.06. The summed E-state index contributed by atoms with van der Waals surface area (Å²) in [4.78, 5) is 14.1. The first-order chi connectivity index (χ1) is 9.56. The first-order valence-corrected chi connectivity index (χ1v) is 6.51. The Labute approximate surface area is 119 Å². The van der Waals surface area contributed by atoms with E-state index in [0.717, 1.165) is 11.3 Å². The minimum atomic E-state index is 0.0172. The molecule has 3 nitrogen and oxygen atoms in total. The van der Waals surface area contributed by atoms with Crippen molar-refractivity contribution < 1.29 is 9.36 Å². The molecular formula is C17H19N2O+. The van der Waals surface area contributed by atoms with Crippen molar-refractivity contribution in [2.24, 2.45) is 7.05 Å². The van der Waals surface area contributed by atoms with Crippen LogP contribution in [0.25, 0.3) is 6.08 Å². The highest BCUT2D eigenvalue weighted by atomic mass is 16.1. The number of anilines is 1. The van der Waals surface area contributed by atoms with Crippen molar-refractivity contribution in [3.05, 3.63) is 66.0 Å². The van der Waals surface area contributed by atoms with Crippen molar-refractivity contribution in [3.63, 3.8) is 0 Å². The maximum absolute atomic E-state index is 12.1. The van der Waals surface area contributed by atoms with Crippen LogP contribution in [0.2, 0.25) is 0 Å². The van der Waals surface area contributed by atoms with Crippen LogP contribution in [-0.4, -0.2) is 19.9 Å². The van der Waals surface area contributed by atoms with E-state index in [9.17, 15) is 4.79 Å². The molecule has 1 aromatic carbocycles. The van der Waals surface area contributed by atoms with Crippen LogP contribution >= 0.6 is 0 Å². The summed E-state index contributed by atoms with van der Waals surface area (Å²) in [5.74, 6) is 0.0172. The number of carbonyl (C=O) groups excluding carboxylic acids is 1. The second-order valence-electron chi connectivity index (χ2n) is 4.94. The third-order valence-corrected chi connectivity index (χ3v) is 3.10. The van der Waals surface area contributed by atoms with Gasteiger partial charge in [-0.2, -0.15) is 0 Å². The SMILES string of the molecule is CN(C)c1ccc(C(=O)/C=C/c2cc[n+](C)cc2)cc1. The van der Waals surface area contributed by atoms with E-state index >= 15 is 0 Å². The van der Waals surface area contributed by atoms with Gasteiger partial charge in [-0.15, -0.1) is 0 Å². The lowest BCUT2D eigenvalue weighted by Gasteiger charge is -2.11. The number of ketones is 1. The Morgan fingerprint density at radius 1 is 1.05 bits per heavy atom. The lowest BCUT2D eigenvalue weighted by molar-refractivity contribution is -0.671. The standard InChI is InChI=1S/C17H19N2O/c1-18(2)16-7-5-15(6-8-16)17(20)9-4-14-10-12-19(3)13-11-14/h4-13H,1-3H3/q+1/b9-4+. The van der Waals surface area contributed by atoms with Gasteiger partial charge in [-0.05, 0) is 35.9 Å². The normalized spacial score (nSPS) is 10.8. The second kappa shape index (κ2) is 6.15. The lowest BCUT2D eigenvalue weighted by atomic mass is 10.1. The van der Waals surface area contributed by atoms with Crippen LogP contribution in [0.5, 0.6) is 0 Å². The molecule has 0 bridgehead atoms. The van der Waals surface area contributed by atoms with Crippen LogP contribution in [0.15, 0.2) is 54.9 Å². The number of carbonyl (C=O) groups is 1. The van der Waals surface area contributed by atoms with Crippen molar-refractivity contribution in [3.8, 4) is 0 Å². The largest absolute Gasteiger partial charge is 0.378 e. The average molecular weight is 267 g/mol. The van der Waals surface area contributed by atoms with Crippen molar-refractivity contribution in [2.45, 2.75) is 0 Å². The summed E-state index contributed by atoms with van der Waals surface area (Å²) in [5.41, 5.74) is 2.80. The molecule has 2 rings (SSSR count). The third-order valence-electron chi connectivity index (χ3n) is 3.10. The van der Waals surface area contributed by atoms with Gasteiger partial charge in [0.2, 0.25) is 0 Å². The van der Waals surface area contributed by atoms with Gasteiger partial charge in [0.1, 0.15) is 7.05 Å². The Morgan fingerprint density at radius 2 is 1.65 bits per heavy atom. The Bertz CT molecular complexity index is 610. The van der Waals surface area contributed by atoms with Crippen LogP contribution in [0.1, 0.15) is 15.9 Å². The Balaban J connectivity index is 2.09. The molecule has 0 fully saturated rings. The van der Waals surface area contributed by atoms with E-state index in [4.69, 9.17) is 0 Å². The van der Waals surface area contributed by atoms with Crippen LogP contribution in [0.3, 0.4) is 0 Å². The molecule has 1 aromatic heterocycles. The molecule has 0 radical (unpaired) electrons. The zero-order chi connectivity index (χ0) is 14.5. The molecule has 0 aliphatic carbocycles. The lowest BCUT2D eigenvalue weighted by Crippen LogP contribution is -2.25. The molecular weight excluding hydrogens is 248 g/mol. The van der Waals surface area contributed by atoms with Crippen molar-refractivity contribution in [1.82, 2.24) is 0 Å². The first kappa shape index (κ1) is 14.0. The van der Waals surface area contributed by atoms with Gasteiger partial charge in [0.25, 0.3) is 0 Å². The van der Waals surface area contributed by atoms with Gasteiger partial charge in [-0.1, -0.05) is 6.08 Å². The summed E-state index contributed by atoms with van der Waals surface area (Å²) in [6, 6.07) is 11.5. The van der Waals surface area contributed by atoms with Crippen molar-refractivity contribution in [2.75, 3.05) is 19.0 Å². The number of hydrogen-bond donors (Lipinski definition) is 0. The van der Waals surface area contributed by atoms with Gasteiger partial charge in [-0.3, -0.25) is 4.79 Å². The molecule has 0 N–H and O–H groups in total. The fourth-order valence-electron chi connectivity index (χ4n) is 1.82. The van der Waals surface area contributed by atoms with E-state index in [2.05, 4.69) is 0 Å². The van der Waals surface area contributed by atoms with Gasteiger partial charge in [0.05, 0.1) is 0 Å². The molecule has 0 saturated heterocycles. The maximum Gasteiger partial charge on any atom is 0.185 e. The molecule has 20 heavy (non-hydrogen) atoms. The number of aromatic nitrogens is 1. The molecule has 0 unspecified atom stereocenters. The van der Waals surface area contributed by atoms with Gasteiger partial charge in [0.15, 0.2) is 18.2 Å². The van der Waals surface area contributed by atoms with Crippen LogP contribution in [0, 0.1) is 0 Å². The third kappa shape index (κ3) is 3.54. The van der Waals surface area contributed by atoms with Gasteiger partial charge in [-0.25, -0.2) is 4.57 Å². The van der Waals surface area contributed by atoms with E-state index in [0.29, 0.717) is 5.56 Å². The Kier molecular flexibility index (Phi) is 4.31. The Hall–Kier alpha value is -2.42. The number of hydrogen-bond acceptors (Lipinski definition) is 2. The van der Waals surface area contributed by atoms with E-state index in [-0.39, 0.29) is 5.78 Å². The molecule has 0 saturated carbocycles. The monoisotopic (exact) mass is 267 g/mol. The summed E-state index contributed by atoms with van der Waals surface area (Å²) >= 11 is 0. The highest BCUT2D eigenvalue weighted by Gasteiger charge is 2.02. The van der Waals surface area contributed by atoms with Crippen LogP contribution in [-0.2, 0) is 7.05 Å². The minimum absolute atomic E-state index is 0.0172. The molecule has 102 valence electrons. The number of pyridine rings is 1. The fraction of sp³-hybridized carbons (Fsp3) is 0.176. The summed E-state index contributed by atoms with van der Waals surface area (Å²) in [6.45, 7) is 0. The van der Waals surface area contributed by atoms with E-state index in [1.165, 1.54) is 0 Å². The number of nitrogens with zero attached hydrogens (tertiary/aromatic N) is 2. The molecule has 0 aliphatic rings. The van der Waals surface area contributed by atoms with E-state index < -0.39 is 0 Å². The smallest absolute Gasteiger partial charge is 0.185 e. The van der Waals surface area contributed by atoms with Crippen LogP contribution in [0.4, 0.5) is 5.69 Å². The first-order valence-electron chi connectivity index (χ1n) is 6.51. The summed E-state index contributed by atoms with van der Waals surface area (Å²) in [6.07, 6.45) is 7.36. The zero-order valence-electron chi connectivity index (χ0n) is 12.1. The quantitative estimate of drug-likeness (QED) is 0.483. The second-order valence-corrected chi connectivity index (χ2v) is 4.94. The molecule has 0 atom stereocenters. The molecule has 1 heterocycles. The van der Waals surface area contributed by atoms with E-state index in [1.54, 1.807) is 6.08 Å². The summed E-state index contributed by atoms with van der Waals surface area (Å²) in [5, 5.41) is 0. The molecule has 0 aliphatic heterocycles. The van der Waals surface area contributed by atoms with Gasteiger partial charge < -0.3 is 4.90 Å². The zero-order valence-corrected chi connectivity index (χ0v) is 12.1. The number of rotatable bonds is 4. The molecule has 0 spiro atoms. The predicted octanol–water partition coefficient (Wildman–Crippen LogP) is 2.47. The summed E-state index contributed by atoms with van der Waals surface area (Å²) < 4.78 is 1.96. The molecule has 3 heteroatoms. The number of aryl methyl sites for hydroxylation is 1. The topological polar surface area (TPSA) is 24.2 Å². The van der Waals surface area contributed by atoms with E-state index in [1.807, 2.05) is 85.5 Å². The maximum atomic E-state index is 12.1. The number of allylic oxidation sites excluding steroid dienone is 1. The highest BCUT2D eigenvalue weighted by Crippen LogP contribution is 2.13.